The zero-order valence-electron chi connectivity index (χ0n) is 33.1. The van der Waals surface area contributed by atoms with Crippen molar-refractivity contribution in [3.05, 3.63) is 116 Å². The molecule has 16 nitrogen and oxygen atoms in total. The molecule has 0 amide bonds. The van der Waals surface area contributed by atoms with Crippen LogP contribution in [0.1, 0.15) is 70.0 Å². The van der Waals surface area contributed by atoms with E-state index in [1.54, 1.807) is 65.5 Å². The Morgan fingerprint density at radius 1 is 0.717 bits per heavy atom. The largest absolute Gasteiger partial charge is 0.485 e. The van der Waals surface area contributed by atoms with Crippen LogP contribution in [0.3, 0.4) is 0 Å². The molecule has 2 aliphatic heterocycles. The summed E-state index contributed by atoms with van der Waals surface area (Å²) in [4.78, 5) is 42.9. The van der Waals surface area contributed by atoms with Crippen molar-refractivity contribution in [3.63, 3.8) is 0 Å². The molecule has 6 aromatic rings. The predicted octanol–water partition coefficient (Wildman–Crippen LogP) is 7.21. The minimum Gasteiger partial charge on any atom is -0.485 e. The van der Waals surface area contributed by atoms with E-state index in [9.17, 15) is 10.1 Å². The lowest BCUT2D eigenvalue weighted by atomic mass is 9.98. The van der Waals surface area contributed by atoms with Gasteiger partial charge in [0, 0.05) is 60.0 Å². The molecule has 8 heterocycles. The van der Waals surface area contributed by atoms with Gasteiger partial charge in [0.05, 0.1) is 19.8 Å². The Balaban J connectivity index is 0.000000182. The average Bonchev–Trinajstić information content (AvgIpc) is 3.98. The second-order valence-corrected chi connectivity index (χ2v) is 16.7. The molecule has 6 aromatic heterocycles. The van der Waals surface area contributed by atoms with E-state index < -0.39 is 4.92 Å². The highest BCUT2D eigenvalue weighted by molar-refractivity contribution is 7.15. The number of thiazole rings is 2. The van der Waals surface area contributed by atoms with Gasteiger partial charge < -0.3 is 35.1 Å². The Morgan fingerprint density at radius 3 is 1.67 bits per heavy atom. The molecule has 18 heteroatoms. The second-order valence-electron chi connectivity index (χ2n) is 14.6. The van der Waals surface area contributed by atoms with Crippen LogP contribution in [-0.4, -0.2) is 84.9 Å². The number of hydrogen-bond donors (Lipinski definition) is 1. The maximum absolute atomic E-state index is 11.4. The zero-order valence-corrected chi connectivity index (χ0v) is 34.7. The number of likely N-dealkylation sites (tertiary alicyclic amines) is 2. The number of ether oxygens (including phenoxy) is 2. The van der Waals surface area contributed by atoms with Crippen molar-refractivity contribution in [2.75, 3.05) is 46.0 Å². The first-order chi connectivity index (χ1) is 29.1. The number of rotatable bonds is 11. The highest BCUT2D eigenvalue weighted by Gasteiger charge is 2.24. The summed E-state index contributed by atoms with van der Waals surface area (Å²) in [6, 6.07) is 14.3. The van der Waals surface area contributed by atoms with Gasteiger partial charge in [-0.15, -0.1) is 22.7 Å². The molecule has 0 aliphatic carbocycles. The summed E-state index contributed by atoms with van der Waals surface area (Å²) in [5.74, 6) is 1.56. The number of nitrogens with zero attached hydrogens (tertiary/aromatic N) is 11. The summed E-state index contributed by atoms with van der Waals surface area (Å²) < 4.78 is 11.6. The standard InChI is InChI=1S/C21H20N6O3S.C21H22N6OS/c1-26-6-3-15(4-7-26)21-25-12-19(31-21)16-9-18(20(24-11-16)27(28)29)30-13-14-2-5-23-17(8-14)10-22;1-27-6-3-15(4-7-27)21-26-12-19(29-21)16-9-18(20(23)25-11-16)28-13-14-2-5-24-17(8-14)10-22/h2,5,8-9,11-12,15H,3-4,6-7,13H2,1H3;2,5,8-9,11-12,15H,3-4,6-7,13H2,1H3,(H2,23,25). The monoisotopic (exact) mass is 842 g/mol. The summed E-state index contributed by atoms with van der Waals surface area (Å²) >= 11 is 3.31. The van der Waals surface area contributed by atoms with Crippen LogP contribution in [0.25, 0.3) is 20.9 Å². The molecular formula is C42H42N12O4S2. The Bertz CT molecular complexity index is 2520. The number of pyridine rings is 4. The molecule has 0 atom stereocenters. The van der Waals surface area contributed by atoms with Gasteiger partial charge in [-0.2, -0.15) is 10.5 Å². The molecule has 0 bridgehead atoms. The third kappa shape index (κ3) is 10.6. The lowest BCUT2D eigenvalue weighted by Gasteiger charge is -2.27. The molecule has 0 spiro atoms. The Labute approximate surface area is 355 Å². The molecule has 60 heavy (non-hydrogen) atoms. The minimum absolute atomic E-state index is 0.0622. The number of aromatic nitrogens is 6. The fourth-order valence-electron chi connectivity index (χ4n) is 6.82. The van der Waals surface area contributed by atoms with Crippen molar-refractivity contribution in [1.29, 1.82) is 10.5 Å². The topological polar surface area (TPSA) is 219 Å². The van der Waals surface area contributed by atoms with Crippen LogP contribution in [0.15, 0.2) is 73.6 Å². The van der Waals surface area contributed by atoms with Crippen LogP contribution in [0.5, 0.6) is 11.5 Å². The van der Waals surface area contributed by atoms with E-state index in [2.05, 4.69) is 53.8 Å². The molecule has 2 fully saturated rings. The van der Waals surface area contributed by atoms with Gasteiger partial charge in [-0.25, -0.2) is 24.9 Å². The van der Waals surface area contributed by atoms with Crippen LogP contribution in [0.4, 0.5) is 11.6 Å². The van der Waals surface area contributed by atoms with E-state index in [0.717, 1.165) is 83.3 Å². The first kappa shape index (κ1) is 41.7. The smallest absolute Gasteiger partial charge is 0.406 e. The van der Waals surface area contributed by atoms with Crippen molar-refractivity contribution < 1.29 is 14.4 Å². The van der Waals surface area contributed by atoms with Crippen molar-refractivity contribution >= 4 is 34.3 Å². The maximum atomic E-state index is 11.4. The number of anilines is 1. The van der Waals surface area contributed by atoms with Gasteiger partial charge >= 0.3 is 5.82 Å². The number of nitro groups is 1. The van der Waals surface area contributed by atoms with Gasteiger partial charge in [-0.05, 0) is 117 Å². The normalized spacial score (nSPS) is 15.0. The fourth-order valence-corrected chi connectivity index (χ4v) is 8.96. The first-order valence-corrected chi connectivity index (χ1v) is 20.9. The summed E-state index contributed by atoms with van der Waals surface area (Å²) in [6.07, 6.45) is 14.5. The molecule has 2 saturated heterocycles. The number of piperidine rings is 2. The third-order valence-corrected chi connectivity index (χ3v) is 12.7. The van der Waals surface area contributed by atoms with Gasteiger partial charge in [0.1, 0.15) is 42.9 Å². The zero-order chi connectivity index (χ0) is 42.0. The molecule has 306 valence electrons. The van der Waals surface area contributed by atoms with Gasteiger partial charge in [-0.3, -0.25) is 0 Å². The van der Waals surface area contributed by atoms with Crippen molar-refractivity contribution in [2.45, 2.75) is 50.7 Å². The van der Waals surface area contributed by atoms with Crippen molar-refractivity contribution in [2.24, 2.45) is 0 Å². The maximum Gasteiger partial charge on any atom is 0.406 e. The molecule has 2 N–H and O–H groups in total. The summed E-state index contributed by atoms with van der Waals surface area (Å²) in [7, 11) is 4.29. The highest BCUT2D eigenvalue weighted by atomic mass is 32.1. The molecular weight excluding hydrogens is 801 g/mol. The molecule has 2 aliphatic rings. The van der Waals surface area contributed by atoms with Gasteiger partial charge in [0.15, 0.2) is 11.6 Å². The van der Waals surface area contributed by atoms with E-state index in [1.807, 2.05) is 30.5 Å². The molecule has 0 radical (unpaired) electrons. The van der Waals surface area contributed by atoms with Crippen LogP contribution in [-0.2, 0) is 13.2 Å². The third-order valence-electron chi connectivity index (χ3n) is 10.3. The Kier molecular flexibility index (Phi) is 13.6. The number of hydrogen-bond acceptors (Lipinski definition) is 17. The van der Waals surface area contributed by atoms with Gasteiger partial charge in [-0.1, -0.05) is 0 Å². The molecule has 8 rings (SSSR count). The van der Waals surface area contributed by atoms with Crippen LogP contribution in [0, 0.1) is 32.8 Å². The quantitative estimate of drug-likeness (QED) is 0.101. The molecule has 0 unspecified atom stereocenters. The Hall–Kier alpha value is -6.44. The van der Waals surface area contributed by atoms with E-state index in [1.165, 1.54) is 17.4 Å². The first-order valence-electron chi connectivity index (χ1n) is 19.3. The summed E-state index contributed by atoms with van der Waals surface area (Å²) in [5.41, 5.74) is 9.83. The highest BCUT2D eigenvalue weighted by Crippen LogP contribution is 2.38. The Morgan fingerprint density at radius 2 is 1.18 bits per heavy atom. The van der Waals surface area contributed by atoms with E-state index in [0.29, 0.717) is 34.7 Å². The fraction of sp³-hybridized carbons (Fsp3) is 0.333. The SMILES string of the molecule is CN1CCC(c2ncc(-c3cnc(N)c(OCc4ccnc(C#N)c4)c3)s2)CC1.CN1CCC(c2ncc(-c3cnc([N+](=O)[O-])c(OCc4ccnc(C#N)c4)c3)s2)CC1. The lowest BCUT2D eigenvalue weighted by molar-refractivity contribution is -0.390. The van der Waals surface area contributed by atoms with E-state index >= 15 is 0 Å². The minimum atomic E-state index is -0.566. The van der Waals surface area contributed by atoms with E-state index in [-0.39, 0.29) is 30.5 Å². The molecule has 0 saturated carbocycles. The molecule has 0 aromatic carbocycles. The second kappa shape index (κ2) is 19.5. The number of nitrogen functional groups attached to an aromatic ring is 1. The van der Waals surface area contributed by atoms with Crippen molar-refractivity contribution in [3.8, 4) is 44.5 Å². The average molecular weight is 843 g/mol. The van der Waals surface area contributed by atoms with Crippen molar-refractivity contribution in [1.82, 2.24) is 39.7 Å². The predicted molar refractivity (Wildman–Crippen MR) is 227 cm³/mol. The van der Waals surface area contributed by atoms with Crippen LogP contribution >= 0.6 is 22.7 Å². The van der Waals surface area contributed by atoms with Crippen LogP contribution < -0.4 is 15.2 Å². The lowest BCUT2D eigenvalue weighted by Crippen LogP contribution is -2.29. The van der Waals surface area contributed by atoms with E-state index in [4.69, 9.17) is 25.7 Å². The van der Waals surface area contributed by atoms with Gasteiger partial charge in [0.25, 0.3) is 0 Å². The van der Waals surface area contributed by atoms with Crippen LogP contribution in [0.2, 0.25) is 0 Å². The summed E-state index contributed by atoms with van der Waals surface area (Å²) in [6.45, 7) is 4.69. The van der Waals surface area contributed by atoms with Gasteiger partial charge in [0.2, 0.25) is 5.75 Å². The summed E-state index contributed by atoms with van der Waals surface area (Å²) in [5, 5.41) is 31.6. The number of nitriles is 2. The number of nitrogens with two attached hydrogens (primary N) is 1.